The van der Waals surface area contributed by atoms with Gasteiger partial charge in [-0.15, -0.1) is 11.3 Å². The van der Waals surface area contributed by atoms with E-state index in [1.165, 1.54) is 10.4 Å². The molecule has 0 aliphatic rings. The van der Waals surface area contributed by atoms with E-state index in [-0.39, 0.29) is 17.9 Å². The lowest BCUT2D eigenvalue weighted by atomic mass is 10.0. The summed E-state index contributed by atoms with van der Waals surface area (Å²) in [4.78, 5) is 12.8. The number of carbonyl (C=O) groups is 1. The van der Waals surface area contributed by atoms with E-state index in [2.05, 4.69) is 11.4 Å². The molecule has 2 atom stereocenters. The topological polar surface area (TPSA) is 55.1 Å². The molecule has 3 nitrogen and oxygen atoms in total. The molecule has 84 valence electrons. The van der Waals surface area contributed by atoms with E-state index in [4.69, 9.17) is 5.73 Å². The Bertz CT molecular complexity index is 333. The van der Waals surface area contributed by atoms with Crippen molar-refractivity contribution in [1.29, 1.82) is 0 Å². The minimum absolute atomic E-state index is 0.0257. The summed E-state index contributed by atoms with van der Waals surface area (Å²) >= 11 is 1.67. The highest BCUT2D eigenvalue weighted by atomic mass is 32.1. The average Bonchev–Trinajstić information content (AvgIpc) is 2.59. The molecule has 4 heteroatoms. The van der Waals surface area contributed by atoms with Gasteiger partial charge in [0.2, 0.25) is 5.91 Å². The van der Waals surface area contributed by atoms with Crippen molar-refractivity contribution >= 4 is 17.2 Å². The number of nitrogens with two attached hydrogens (primary N) is 1. The van der Waals surface area contributed by atoms with Crippen molar-refractivity contribution in [3.05, 3.63) is 21.9 Å². The standard InChI is InChI=1S/C11H18N2OS/c1-7-4-5-15-10(7)6-13-11(14)8(2)9(3)12/h4-5,8-9H,6,12H2,1-3H3,(H,13,14). The lowest BCUT2D eigenvalue weighted by Gasteiger charge is -2.15. The van der Waals surface area contributed by atoms with Gasteiger partial charge < -0.3 is 11.1 Å². The number of hydrogen-bond acceptors (Lipinski definition) is 3. The van der Waals surface area contributed by atoms with Crippen molar-refractivity contribution in [2.75, 3.05) is 0 Å². The van der Waals surface area contributed by atoms with Crippen molar-refractivity contribution < 1.29 is 4.79 Å². The molecule has 0 saturated heterocycles. The van der Waals surface area contributed by atoms with Crippen LogP contribution in [0, 0.1) is 12.8 Å². The van der Waals surface area contributed by atoms with E-state index in [1.54, 1.807) is 11.3 Å². The fourth-order valence-corrected chi connectivity index (χ4v) is 2.00. The van der Waals surface area contributed by atoms with Gasteiger partial charge in [0, 0.05) is 16.8 Å². The molecule has 1 rings (SSSR count). The highest BCUT2D eigenvalue weighted by Gasteiger charge is 2.16. The Kier molecular flexibility index (Phi) is 4.29. The second-order valence-corrected chi connectivity index (χ2v) is 4.89. The lowest BCUT2D eigenvalue weighted by Crippen LogP contribution is -2.38. The predicted molar refractivity (Wildman–Crippen MR) is 63.7 cm³/mol. The molecule has 0 radical (unpaired) electrons. The number of hydrogen-bond donors (Lipinski definition) is 2. The van der Waals surface area contributed by atoms with Gasteiger partial charge in [-0.1, -0.05) is 6.92 Å². The second kappa shape index (κ2) is 5.28. The first kappa shape index (κ1) is 12.2. The third-order valence-electron chi connectivity index (χ3n) is 2.59. The number of carbonyl (C=O) groups excluding carboxylic acids is 1. The molecule has 0 bridgehead atoms. The molecule has 0 aliphatic heterocycles. The van der Waals surface area contributed by atoms with E-state index in [0.29, 0.717) is 6.54 Å². The molecular formula is C11H18N2OS. The molecule has 1 aromatic rings. The molecule has 3 N–H and O–H groups in total. The largest absolute Gasteiger partial charge is 0.351 e. The summed E-state index contributed by atoms with van der Waals surface area (Å²) in [6, 6.07) is 1.95. The molecule has 0 aromatic carbocycles. The van der Waals surface area contributed by atoms with Crippen LogP contribution in [-0.4, -0.2) is 11.9 Å². The van der Waals surface area contributed by atoms with Crippen molar-refractivity contribution in [2.24, 2.45) is 11.7 Å². The SMILES string of the molecule is Cc1ccsc1CNC(=O)C(C)C(C)N. The van der Waals surface area contributed by atoms with Gasteiger partial charge in [-0.25, -0.2) is 0 Å². The lowest BCUT2D eigenvalue weighted by molar-refractivity contribution is -0.125. The predicted octanol–water partition coefficient (Wildman–Crippen LogP) is 1.66. The molecule has 1 aromatic heterocycles. The first-order valence-corrected chi connectivity index (χ1v) is 5.96. The zero-order valence-corrected chi connectivity index (χ0v) is 10.2. The first-order valence-electron chi connectivity index (χ1n) is 5.08. The number of rotatable bonds is 4. The Morgan fingerprint density at radius 1 is 1.60 bits per heavy atom. The van der Waals surface area contributed by atoms with Gasteiger partial charge in [-0.3, -0.25) is 4.79 Å². The Morgan fingerprint density at radius 2 is 2.27 bits per heavy atom. The van der Waals surface area contributed by atoms with Crippen LogP contribution in [0.1, 0.15) is 24.3 Å². The smallest absolute Gasteiger partial charge is 0.224 e. The summed E-state index contributed by atoms with van der Waals surface area (Å²) in [5.41, 5.74) is 6.89. The van der Waals surface area contributed by atoms with E-state index in [1.807, 2.05) is 26.2 Å². The number of thiophene rings is 1. The van der Waals surface area contributed by atoms with Crippen molar-refractivity contribution in [3.63, 3.8) is 0 Å². The summed E-state index contributed by atoms with van der Waals surface area (Å²) < 4.78 is 0. The maximum atomic E-state index is 11.6. The van der Waals surface area contributed by atoms with Crippen LogP contribution in [0.2, 0.25) is 0 Å². The van der Waals surface area contributed by atoms with Crippen molar-refractivity contribution in [2.45, 2.75) is 33.4 Å². The molecule has 0 fully saturated rings. The fraction of sp³-hybridized carbons (Fsp3) is 0.545. The molecule has 0 saturated carbocycles. The van der Waals surface area contributed by atoms with Gasteiger partial charge >= 0.3 is 0 Å². The Labute approximate surface area is 94.7 Å². The Morgan fingerprint density at radius 3 is 2.73 bits per heavy atom. The van der Waals surface area contributed by atoms with Crippen LogP contribution in [-0.2, 0) is 11.3 Å². The highest BCUT2D eigenvalue weighted by Crippen LogP contribution is 2.15. The van der Waals surface area contributed by atoms with Crippen LogP contribution in [0.4, 0.5) is 0 Å². The third-order valence-corrected chi connectivity index (χ3v) is 3.62. The van der Waals surface area contributed by atoms with E-state index < -0.39 is 0 Å². The monoisotopic (exact) mass is 226 g/mol. The first-order chi connectivity index (χ1) is 7.02. The highest BCUT2D eigenvalue weighted by molar-refractivity contribution is 7.10. The van der Waals surface area contributed by atoms with Crippen LogP contribution in [0.25, 0.3) is 0 Å². The van der Waals surface area contributed by atoms with Gasteiger partial charge in [0.05, 0.1) is 6.54 Å². The van der Waals surface area contributed by atoms with Crippen LogP contribution in [0.15, 0.2) is 11.4 Å². The molecule has 1 amide bonds. The Hall–Kier alpha value is -0.870. The number of nitrogens with one attached hydrogen (secondary N) is 1. The zero-order chi connectivity index (χ0) is 11.4. The van der Waals surface area contributed by atoms with Gasteiger partial charge in [0.25, 0.3) is 0 Å². The maximum absolute atomic E-state index is 11.6. The van der Waals surface area contributed by atoms with Gasteiger partial charge in [0.1, 0.15) is 0 Å². The minimum Gasteiger partial charge on any atom is -0.351 e. The average molecular weight is 226 g/mol. The fourth-order valence-electron chi connectivity index (χ4n) is 1.15. The quantitative estimate of drug-likeness (QED) is 0.820. The molecule has 1 heterocycles. The minimum atomic E-state index is -0.134. The third kappa shape index (κ3) is 3.32. The van der Waals surface area contributed by atoms with Crippen LogP contribution >= 0.6 is 11.3 Å². The summed E-state index contributed by atoms with van der Waals surface area (Å²) in [7, 11) is 0. The maximum Gasteiger partial charge on any atom is 0.224 e. The molecule has 2 unspecified atom stereocenters. The van der Waals surface area contributed by atoms with E-state index in [9.17, 15) is 4.79 Å². The van der Waals surface area contributed by atoms with Crippen molar-refractivity contribution in [1.82, 2.24) is 5.32 Å². The number of aryl methyl sites for hydroxylation is 1. The second-order valence-electron chi connectivity index (χ2n) is 3.89. The molecule has 15 heavy (non-hydrogen) atoms. The van der Waals surface area contributed by atoms with E-state index in [0.717, 1.165) is 0 Å². The summed E-state index contributed by atoms with van der Waals surface area (Å²) in [6.07, 6.45) is 0. The zero-order valence-electron chi connectivity index (χ0n) is 9.41. The summed E-state index contributed by atoms with van der Waals surface area (Å²) in [6.45, 7) is 6.36. The van der Waals surface area contributed by atoms with Gasteiger partial charge in [0.15, 0.2) is 0 Å². The normalized spacial score (nSPS) is 14.7. The Balaban J connectivity index is 2.44. The number of amides is 1. The molecule has 0 aliphatic carbocycles. The molecular weight excluding hydrogens is 208 g/mol. The van der Waals surface area contributed by atoms with Crippen LogP contribution in [0.3, 0.4) is 0 Å². The summed E-state index contributed by atoms with van der Waals surface area (Å²) in [5.74, 6) is -0.108. The van der Waals surface area contributed by atoms with Gasteiger partial charge in [-0.2, -0.15) is 0 Å². The van der Waals surface area contributed by atoms with E-state index >= 15 is 0 Å². The van der Waals surface area contributed by atoms with Gasteiger partial charge in [-0.05, 0) is 30.9 Å². The summed E-state index contributed by atoms with van der Waals surface area (Å²) in [5, 5.41) is 4.93. The van der Waals surface area contributed by atoms with Crippen LogP contribution < -0.4 is 11.1 Å². The molecule has 0 spiro atoms. The van der Waals surface area contributed by atoms with Crippen molar-refractivity contribution in [3.8, 4) is 0 Å². The van der Waals surface area contributed by atoms with Crippen LogP contribution in [0.5, 0.6) is 0 Å².